The van der Waals surface area contributed by atoms with Gasteiger partial charge in [0.25, 0.3) is 0 Å². The first kappa shape index (κ1) is 51.8. The Morgan fingerprint density at radius 1 is 0.468 bits per heavy atom. The second-order valence-electron chi connectivity index (χ2n) is 12.6. The highest BCUT2D eigenvalue weighted by Gasteiger charge is 2.13. The third kappa shape index (κ3) is 20.3. The Morgan fingerprint density at radius 2 is 0.823 bits per heavy atom. The monoisotopic (exact) mass is 900 g/mol. The molecule has 0 saturated carbocycles. The van der Waals surface area contributed by atoms with Gasteiger partial charge < -0.3 is 52.8 Å². The molecular weight excluding hydrogens is 849 g/mol. The lowest BCUT2D eigenvalue weighted by Crippen LogP contribution is -2.20. The van der Waals surface area contributed by atoms with E-state index in [4.69, 9.17) is 31.2 Å². The van der Waals surface area contributed by atoms with Crippen LogP contribution >= 0.6 is 0 Å². The normalized spacial score (nSPS) is 10.8. The minimum atomic E-state index is -3.82. The Balaban J connectivity index is 0.000000422. The number of ketones is 1. The third-order valence-corrected chi connectivity index (χ3v) is 9.43. The molecule has 0 unspecified atom stereocenters. The van der Waals surface area contributed by atoms with Gasteiger partial charge in [0.1, 0.15) is 5.78 Å². The minimum absolute atomic E-state index is 0. The largest absolute Gasteiger partial charge is 0.380 e. The molecule has 0 heterocycles. The number of amides is 6. The van der Waals surface area contributed by atoms with E-state index in [-0.39, 0.29) is 61.4 Å². The zero-order valence-corrected chi connectivity index (χ0v) is 34.4. The van der Waals surface area contributed by atoms with Crippen LogP contribution in [0.25, 0.3) is 0 Å². The summed E-state index contributed by atoms with van der Waals surface area (Å²) in [5, 5.41) is 25.7. The van der Waals surface area contributed by atoms with E-state index in [0.29, 0.717) is 60.4 Å². The predicted molar refractivity (Wildman–Crippen MR) is 236 cm³/mol. The smallest absolute Gasteiger partial charge is 0.323 e. The van der Waals surface area contributed by atoms with E-state index in [1.54, 1.807) is 42.5 Å². The van der Waals surface area contributed by atoms with Gasteiger partial charge in [0.15, 0.2) is 0 Å². The molecule has 0 aromatic heterocycles. The highest BCUT2D eigenvalue weighted by Crippen LogP contribution is 2.19. The summed E-state index contributed by atoms with van der Waals surface area (Å²) in [5.74, 6) is -0.967. The Kier molecular flexibility index (Phi) is 21.8. The number of anilines is 6. The fraction of sp³-hybridized carbons (Fsp3) is 0.256. The first-order chi connectivity index (χ1) is 28.9. The lowest BCUT2D eigenvalue weighted by Gasteiger charge is -2.10. The molecule has 4 aromatic carbocycles. The van der Waals surface area contributed by atoms with Gasteiger partial charge in [-0.2, -0.15) is 0 Å². The molecule has 0 aliphatic heterocycles. The van der Waals surface area contributed by atoms with Crippen LogP contribution in [0.4, 0.5) is 43.7 Å². The summed E-state index contributed by atoms with van der Waals surface area (Å²) >= 11 is 0. The summed E-state index contributed by atoms with van der Waals surface area (Å²) in [6, 6.07) is 22.6. The van der Waals surface area contributed by atoms with Crippen molar-refractivity contribution in [3.8, 4) is 0 Å². The molecule has 4 rings (SSSR count). The second kappa shape index (κ2) is 26.1. The summed E-state index contributed by atoms with van der Waals surface area (Å²) in [7, 11) is -7.62. The first-order valence-corrected chi connectivity index (χ1v) is 21.3. The molecule has 0 aliphatic carbocycles. The zero-order valence-electron chi connectivity index (χ0n) is 32.7. The van der Waals surface area contributed by atoms with Gasteiger partial charge in [0.2, 0.25) is 31.9 Å². The van der Waals surface area contributed by atoms with Crippen molar-refractivity contribution in [1.29, 1.82) is 0 Å². The summed E-state index contributed by atoms with van der Waals surface area (Å²) in [5.41, 5.74) is 13.1. The molecule has 4 aromatic rings. The molecule has 23 heteroatoms. The number of hydrogen-bond donors (Lipinski definition) is 10. The Bertz CT molecular complexity index is 2330. The fourth-order valence-corrected chi connectivity index (χ4v) is 5.84. The average molecular weight is 901 g/mol. The van der Waals surface area contributed by atoms with Crippen molar-refractivity contribution in [1.82, 2.24) is 0 Å². The van der Waals surface area contributed by atoms with Crippen molar-refractivity contribution in [2.75, 3.05) is 71.4 Å². The lowest BCUT2D eigenvalue weighted by molar-refractivity contribution is -0.126. The average Bonchev–Trinajstić information content (AvgIpc) is 3.18. The number of primary sulfonamides is 2. The Hall–Kier alpha value is -6.31. The van der Waals surface area contributed by atoms with Crippen molar-refractivity contribution in [3.63, 3.8) is 0 Å². The van der Waals surface area contributed by atoms with Gasteiger partial charge in [-0.3, -0.25) is 14.4 Å². The van der Waals surface area contributed by atoms with Crippen LogP contribution in [0, 0.1) is 0 Å². The van der Waals surface area contributed by atoms with Crippen molar-refractivity contribution < 1.29 is 50.3 Å². The van der Waals surface area contributed by atoms with Crippen LogP contribution < -0.4 is 53.6 Å². The molecule has 0 spiro atoms. The molecule has 62 heavy (non-hydrogen) atoms. The summed E-state index contributed by atoms with van der Waals surface area (Å²) in [6.45, 7) is 1.99. The molecule has 6 amide bonds. The van der Waals surface area contributed by atoms with Gasteiger partial charge in [-0.1, -0.05) is 19.6 Å². The standard InChI is InChI=1S/C20H25N5O6S.C18H23N5O5S.CH4/c21-9-11-31-10-8-17(26)13-19(27)23-15-2-1-3-16(12-15)25-20(28)24-14-4-6-18(7-5-14)32(22,29)30;19-9-11-28-10-8-17(24)21-14-2-1-3-15(12-14)23-18(25)22-13-4-6-16(7-5-13)29(20,26)27;/h1-7,12H,8-11,13,21H2,(H,23,27)(H2,22,29,30)(H2,24,25,28);1-7,12H,8-11,19H2,(H,21,24)(H2,20,26,27)(H2,22,23,25);1H4. The number of sulfonamides is 2. The maximum absolute atomic E-state index is 12.2. The van der Waals surface area contributed by atoms with Crippen LogP contribution in [0.2, 0.25) is 0 Å². The van der Waals surface area contributed by atoms with Crippen molar-refractivity contribution in [3.05, 3.63) is 97.1 Å². The van der Waals surface area contributed by atoms with Crippen LogP contribution in [0.5, 0.6) is 0 Å². The SMILES string of the molecule is C.NCCOCCC(=O)CC(=O)Nc1cccc(NC(=O)Nc2ccc(S(N)(=O)=O)cc2)c1.NCCOCCC(=O)Nc1cccc(NC(=O)Nc2ccc(S(N)(=O)=O)cc2)c1. The Labute approximate surface area is 359 Å². The second-order valence-corrected chi connectivity index (χ2v) is 15.7. The van der Waals surface area contributed by atoms with Gasteiger partial charge in [-0.05, 0) is 84.9 Å². The molecule has 14 N–H and O–H groups in total. The molecule has 0 atom stereocenters. The van der Waals surface area contributed by atoms with E-state index in [0.717, 1.165) is 0 Å². The lowest BCUT2D eigenvalue weighted by atomic mass is 10.2. The van der Waals surface area contributed by atoms with E-state index in [9.17, 15) is 40.8 Å². The number of nitrogens with two attached hydrogens (primary N) is 4. The maximum Gasteiger partial charge on any atom is 0.323 e. The van der Waals surface area contributed by atoms with Gasteiger partial charge in [-0.15, -0.1) is 0 Å². The first-order valence-electron chi connectivity index (χ1n) is 18.2. The van der Waals surface area contributed by atoms with Crippen LogP contribution in [0.3, 0.4) is 0 Å². The van der Waals surface area contributed by atoms with Gasteiger partial charge in [0, 0.05) is 53.6 Å². The van der Waals surface area contributed by atoms with Gasteiger partial charge in [-0.25, -0.2) is 36.7 Å². The summed E-state index contributed by atoms with van der Waals surface area (Å²) in [6.07, 6.45) is 0.0126. The topological polar surface area (TPSA) is 348 Å². The van der Waals surface area contributed by atoms with Crippen molar-refractivity contribution >= 4 is 83.8 Å². The molecular formula is C39H52N10O11S2. The minimum Gasteiger partial charge on any atom is -0.380 e. The number of nitrogens with one attached hydrogen (secondary N) is 6. The zero-order chi connectivity index (χ0) is 44.8. The molecule has 0 saturated heterocycles. The van der Waals surface area contributed by atoms with Gasteiger partial charge in [0.05, 0.1) is 49.1 Å². The number of carbonyl (C=O) groups is 5. The number of Topliss-reactive ketones (excluding diaryl/α,β-unsaturated/α-hetero) is 1. The summed E-state index contributed by atoms with van der Waals surface area (Å²) in [4.78, 5) is 59.9. The van der Waals surface area contributed by atoms with Crippen LogP contribution in [0.1, 0.15) is 26.7 Å². The van der Waals surface area contributed by atoms with Crippen LogP contribution in [-0.4, -0.2) is 86.0 Å². The van der Waals surface area contributed by atoms with E-state index in [1.807, 2.05) is 0 Å². The number of carbonyl (C=O) groups excluding carboxylic acids is 5. The number of urea groups is 2. The van der Waals surface area contributed by atoms with E-state index in [1.165, 1.54) is 54.6 Å². The molecule has 0 bridgehead atoms. The quantitative estimate of drug-likeness (QED) is 0.0451. The maximum atomic E-state index is 12.2. The van der Waals surface area contributed by atoms with E-state index in [2.05, 4.69) is 31.9 Å². The molecule has 21 nitrogen and oxygen atoms in total. The number of benzene rings is 4. The van der Waals surface area contributed by atoms with Crippen LogP contribution in [-0.2, 0) is 43.9 Å². The fourth-order valence-electron chi connectivity index (χ4n) is 4.81. The number of hydrogen-bond acceptors (Lipinski definition) is 13. The number of ether oxygens (including phenoxy) is 2. The van der Waals surface area contributed by atoms with Crippen molar-refractivity contribution in [2.24, 2.45) is 21.7 Å². The van der Waals surface area contributed by atoms with E-state index >= 15 is 0 Å². The third-order valence-electron chi connectivity index (χ3n) is 7.57. The van der Waals surface area contributed by atoms with Crippen molar-refractivity contribution in [2.45, 2.75) is 36.5 Å². The molecule has 336 valence electrons. The van der Waals surface area contributed by atoms with Crippen LogP contribution in [0.15, 0.2) is 107 Å². The summed E-state index contributed by atoms with van der Waals surface area (Å²) < 4.78 is 55.3. The highest BCUT2D eigenvalue weighted by molar-refractivity contribution is 7.89. The van der Waals surface area contributed by atoms with E-state index < -0.39 is 38.0 Å². The molecule has 0 aliphatic rings. The Morgan fingerprint density at radius 3 is 1.21 bits per heavy atom. The highest BCUT2D eigenvalue weighted by atomic mass is 32.2. The predicted octanol–water partition coefficient (Wildman–Crippen LogP) is 3.16. The molecule has 0 radical (unpaired) electrons. The molecule has 0 fully saturated rings. The number of rotatable bonds is 20. The van der Waals surface area contributed by atoms with Gasteiger partial charge >= 0.3 is 12.1 Å².